The van der Waals surface area contributed by atoms with Crippen molar-refractivity contribution in [3.63, 3.8) is 0 Å². The summed E-state index contributed by atoms with van der Waals surface area (Å²) in [5.74, 6) is -1.90. The maximum absolute atomic E-state index is 13.2. The zero-order chi connectivity index (χ0) is 25.7. The molecule has 0 atom stereocenters. The van der Waals surface area contributed by atoms with Crippen LogP contribution in [0, 0.1) is 0 Å². The van der Waals surface area contributed by atoms with Gasteiger partial charge in [0.1, 0.15) is 11.4 Å². The molecule has 0 aliphatic heterocycles. The third kappa shape index (κ3) is 5.50. The Morgan fingerprint density at radius 1 is 0.889 bits per heavy atom. The van der Waals surface area contributed by atoms with Crippen LogP contribution in [0.5, 0.6) is 5.75 Å². The summed E-state index contributed by atoms with van der Waals surface area (Å²) >= 11 is 6.13. The Hall–Kier alpha value is -4.30. The second-order valence-corrected chi connectivity index (χ2v) is 8.33. The Labute approximate surface area is 213 Å². The van der Waals surface area contributed by atoms with Gasteiger partial charge in [0, 0.05) is 16.1 Å². The normalized spacial score (nSPS) is 10.6. The summed E-state index contributed by atoms with van der Waals surface area (Å²) in [5, 5.41) is 6.47. The minimum atomic E-state index is -0.963. The zero-order valence-corrected chi connectivity index (χ0v) is 20.6. The average Bonchev–Trinajstić information content (AvgIpc) is 3.23. The van der Waals surface area contributed by atoms with Gasteiger partial charge in [0.05, 0.1) is 17.8 Å². The van der Waals surface area contributed by atoms with Crippen LogP contribution in [0.1, 0.15) is 29.9 Å². The maximum Gasteiger partial charge on any atom is 0.328 e. The highest BCUT2D eigenvalue weighted by Gasteiger charge is 2.22. The van der Waals surface area contributed by atoms with Crippen molar-refractivity contribution in [3.05, 3.63) is 89.1 Å². The van der Waals surface area contributed by atoms with Gasteiger partial charge in [-0.1, -0.05) is 42.8 Å². The SMILES string of the molecule is CCOc1ccccc1NC(=O)C(=O)Nn1c(C(=O)Nc2ccc(CC)cc2)cc2cc(Cl)ccc21. The van der Waals surface area contributed by atoms with Gasteiger partial charge in [-0.2, -0.15) is 0 Å². The fourth-order valence-corrected chi connectivity index (χ4v) is 3.86. The van der Waals surface area contributed by atoms with E-state index >= 15 is 0 Å². The molecule has 3 amide bonds. The number of benzene rings is 3. The number of rotatable bonds is 7. The number of hydrogen-bond donors (Lipinski definition) is 3. The number of fused-ring (bicyclic) bond motifs is 1. The molecule has 0 spiro atoms. The molecule has 0 aliphatic rings. The van der Waals surface area contributed by atoms with E-state index in [0.29, 0.717) is 39.7 Å². The van der Waals surface area contributed by atoms with Gasteiger partial charge >= 0.3 is 11.8 Å². The number of aryl methyl sites for hydroxylation is 1. The van der Waals surface area contributed by atoms with Gasteiger partial charge in [0.2, 0.25) is 0 Å². The highest BCUT2D eigenvalue weighted by atomic mass is 35.5. The number of nitrogens with zero attached hydrogens (tertiary/aromatic N) is 1. The topological polar surface area (TPSA) is 101 Å². The van der Waals surface area contributed by atoms with Crippen molar-refractivity contribution >= 4 is 51.6 Å². The van der Waals surface area contributed by atoms with Crippen molar-refractivity contribution in [1.29, 1.82) is 0 Å². The minimum absolute atomic E-state index is 0.128. The van der Waals surface area contributed by atoms with Crippen molar-refractivity contribution < 1.29 is 19.1 Å². The number of carbonyl (C=O) groups is 3. The molecule has 0 unspecified atom stereocenters. The average molecular weight is 505 g/mol. The third-order valence-electron chi connectivity index (χ3n) is 5.47. The van der Waals surface area contributed by atoms with E-state index in [2.05, 4.69) is 16.1 Å². The Morgan fingerprint density at radius 2 is 1.64 bits per heavy atom. The summed E-state index contributed by atoms with van der Waals surface area (Å²) in [6.45, 7) is 4.27. The van der Waals surface area contributed by atoms with Crippen LogP contribution in [0.4, 0.5) is 11.4 Å². The first kappa shape index (κ1) is 24.8. The van der Waals surface area contributed by atoms with Crippen LogP contribution in [0.25, 0.3) is 10.9 Å². The molecular weight excluding hydrogens is 480 g/mol. The Morgan fingerprint density at radius 3 is 2.36 bits per heavy atom. The molecule has 0 radical (unpaired) electrons. The molecule has 8 nitrogen and oxygen atoms in total. The number of anilines is 2. The van der Waals surface area contributed by atoms with Crippen LogP contribution in [0.3, 0.4) is 0 Å². The molecule has 4 rings (SSSR count). The first-order valence-corrected chi connectivity index (χ1v) is 11.8. The molecule has 0 saturated heterocycles. The van der Waals surface area contributed by atoms with Crippen molar-refractivity contribution in [1.82, 2.24) is 4.68 Å². The van der Waals surface area contributed by atoms with Crippen LogP contribution in [-0.4, -0.2) is 29.0 Å². The molecule has 4 aromatic rings. The van der Waals surface area contributed by atoms with Crippen LogP contribution < -0.4 is 20.8 Å². The number of carbonyl (C=O) groups excluding carboxylic acids is 3. The monoisotopic (exact) mass is 504 g/mol. The van der Waals surface area contributed by atoms with Gasteiger partial charge in [-0.3, -0.25) is 19.8 Å². The van der Waals surface area contributed by atoms with Crippen molar-refractivity contribution in [2.24, 2.45) is 0 Å². The van der Waals surface area contributed by atoms with E-state index < -0.39 is 17.7 Å². The first-order chi connectivity index (χ1) is 17.4. The number of amides is 3. The van der Waals surface area contributed by atoms with Gasteiger partial charge in [-0.15, -0.1) is 0 Å². The smallest absolute Gasteiger partial charge is 0.328 e. The zero-order valence-electron chi connectivity index (χ0n) is 19.8. The molecule has 0 fully saturated rings. The van der Waals surface area contributed by atoms with Crippen LogP contribution in [-0.2, 0) is 16.0 Å². The summed E-state index contributed by atoms with van der Waals surface area (Å²) in [6.07, 6.45) is 0.881. The maximum atomic E-state index is 13.2. The Bertz CT molecular complexity index is 1430. The first-order valence-electron chi connectivity index (χ1n) is 11.4. The number of para-hydroxylation sites is 2. The molecule has 1 aromatic heterocycles. The molecule has 0 bridgehead atoms. The predicted octanol–water partition coefficient (Wildman–Crippen LogP) is 5.22. The lowest BCUT2D eigenvalue weighted by atomic mass is 10.1. The van der Waals surface area contributed by atoms with Crippen LogP contribution in [0.2, 0.25) is 5.02 Å². The van der Waals surface area contributed by atoms with Crippen molar-refractivity contribution in [3.8, 4) is 5.75 Å². The summed E-state index contributed by atoms with van der Waals surface area (Å²) in [5.41, 5.74) is 5.26. The highest BCUT2D eigenvalue weighted by molar-refractivity contribution is 6.42. The fourth-order valence-electron chi connectivity index (χ4n) is 3.68. The standard InChI is InChI=1S/C27H25ClN4O4/c1-3-17-9-12-20(13-10-17)29-25(33)23-16-18-15-19(28)11-14-22(18)32(23)31-27(35)26(34)30-21-7-5-6-8-24(21)36-4-2/h5-16H,3-4H2,1-2H3,(H,29,33)(H,30,34)(H,31,35). The number of aromatic nitrogens is 1. The Kier molecular flexibility index (Phi) is 7.56. The molecular formula is C27H25ClN4O4. The summed E-state index contributed by atoms with van der Waals surface area (Å²) < 4.78 is 6.77. The molecule has 36 heavy (non-hydrogen) atoms. The third-order valence-corrected chi connectivity index (χ3v) is 5.71. The van der Waals surface area contributed by atoms with Gasteiger partial charge < -0.3 is 15.4 Å². The van der Waals surface area contributed by atoms with Gasteiger partial charge in [-0.05, 0) is 67.4 Å². The van der Waals surface area contributed by atoms with Gasteiger partial charge in [0.15, 0.2) is 0 Å². The summed E-state index contributed by atoms with van der Waals surface area (Å²) in [4.78, 5) is 38.7. The lowest BCUT2D eigenvalue weighted by Gasteiger charge is -2.14. The van der Waals surface area contributed by atoms with E-state index in [9.17, 15) is 14.4 Å². The van der Waals surface area contributed by atoms with Gasteiger partial charge in [-0.25, -0.2) is 4.68 Å². The number of nitrogens with one attached hydrogen (secondary N) is 3. The highest BCUT2D eigenvalue weighted by Crippen LogP contribution is 2.25. The van der Waals surface area contributed by atoms with Crippen LogP contribution >= 0.6 is 11.6 Å². The van der Waals surface area contributed by atoms with Crippen molar-refractivity contribution in [2.45, 2.75) is 20.3 Å². The Balaban J connectivity index is 1.60. The lowest BCUT2D eigenvalue weighted by Crippen LogP contribution is -2.36. The van der Waals surface area contributed by atoms with E-state index in [1.165, 1.54) is 4.68 Å². The summed E-state index contributed by atoms with van der Waals surface area (Å²) in [7, 11) is 0. The van der Waals surface area contributed by atoms with E-state index in [1.807, 2.05) is 38.1 Å². The molecule has 0 saturated carbocycles. The number of ether oxygens (including phenoxy) is 1. The van der Waals surface area contributed by atoms with Crippen molar-refractivity contribution in [2.75, 3.05) is 22.7 Å². The molecule has 3 N–H and O–H groups in total. The second-order valence-electron chi connectivity index (χ2n) is 7.90. The van der Waals surface area contributed by atoms with E-state index in [-0.39, 0.29) is 5.69 Å². The number of hydrogen-bond acceptors (Lipinski definition) is 4. The summed E-state index contributed by atoms with van der Waals surface area (Å²) in [6, 6.07) is 20.8. The van der Waals surface area contributed by atoms with Crippen LogP contribution in [0.15, 0.2) is 72.8 Å². The second kappa shape index (κ2) is 11.0. The fraction of sp³-hybridized carbons (Fsp3) is 0.148. The molecule has 3 aromatic carbocycles. The quantitative estimate of drug-likeness (QED) is 0.300. The molecule has 184 valence electrons. The minimum Gasteiger partial charge on any atom is -0.492 e. The number of halogens is 1. The lowest BCUT2D eigenvalue weighted by molar-refractivity contribution is -0.133. The molecule has 1 heterocycles. The largest absolute Gasteiger partial charge is 0.492 e. The van der Waals surface area contributed by atoms with Gasteiger partial charge in [0.25, 0.3) is 5.91 Å². The predicted molar refractivity (Wildman–Crippen MR) is 141 cm³/mol. The van der Waals surface area contributed by atoms with E-state index in [0.717, 1.165) is 12.0 Å². The molecule has 0 aliphatic carbocycles. The van der Waals surface area contributed by atoms with E-state index in [4.69, 9.17) is 16.3 Å². The molecule has 9 heteroatoms. The van der Waals surface area contributed by atoms with E-state index in [1.54, 1.807) is 48.5 Å².